The van der Waals surface area contributed by atoms with Crippen molar-refractivity contribution in [2.45, 2.75) is 32.7 Å². The topological polar surface area (TPSA) is 59.6 Å². The molecule has 1 amide bonds. The summed E-state index contributed by atoms with van der Waals surface area (Å²) >= 11 is 3.44. The summed E-state index contributed by atoms with van der Waals surface area (Å²) < 4.78 is 10.8. The third-order valence-electron chi connectivity index (χ3n) is 5.40. The maximum Gasteiger partial charge on any atom is 0.259 e. The number of hydrogen-bond acceptors (Lipinski definition) is 6. The van der Waals surface area contributed by atoms with Crippen LogP contribution in [0.3, 0.4) is 0 Å². The van der Waals surface area contributed by atoms with Gasteiger partial charge in [0.05, 0.1) is 32.0 Å². The lowest BCUT2D eigenvalue weighted by Gasteiger charge is -2.19. The number of amides is 1. The van der Waals surface area contributed by atoms with Gasteiger partial charge in [0.1, 0.15) is 16.5 Å². The van der Waals surface area contributed by atoms with Gasteiger partial charge >= 0.3 is 0 Å². The van der Waals surface area contributed by atoms with Crippen LogP contribution in [-0.4, -0.2) is 20.1 Å². The van der Waals surface area contributed by atoms with Gasteiger partial charge in [-0.1, -0.05) is 13.0 Å². The first-order valence-electron chi connectivity index (χ1n) is 10.0. The first-order chi connectivity index (χ1) is 14.6. The molecule has 3 aromatic rings. The lowest BCUT2D eigenvalue weighted by Crippen LogP contribution is -2.18. The fourth-order valence-corrected chi connectivity index (χ4v) is 5.84. The van der Waals surface area contributed by atoms with Crippen LogP contribution in [0.25, 0.3) is 0 Å². The second kappa shape index (κ2) is 9.10. The Bertz CT molecular complexity index is 1030. The molecule has 158 valence electrons. The molecule has 4 rings (SSSR count). The van der Waals surface area contributed by atoms with Crippen LogP contribution in [0.4, 0.5) is 10.7 Å². The van der Waals surface area contributed by atoms with Gasteiger partial charge in [0.2, 0.25) is 0 Å². The van der Waals surface area contributed by atoms with E-state index in [4.69, 9.17) is 9.47 Å². The van der Waals surface area contributed by atoms with Crippen molar-refractivity contribution in [1.29, 1.82) is 0 Å². The molecule has 0 bridgehead atoms. The molecular formula is C23H26N2O3S2. The first-order valence-corrected chi connectivity index (χ1v) is 11.7. The minimum atomic E-state index is -0.109. The second-order valence-corrected chi connectivity index (χ2v) is 9.65. The zero-order valence-electron chi connectivity index (χ0n) is 17.4. The third-order valence-corrected chi connectivity index (χ3v) is 7.49. The predicted octanol–water partition coefficient (Wildman–Crippen LogP) is 5.82. The van der Waals surface area contributed by atoms with E-state index < -0.39 is 0 Å². The van der Waals surface area contributed by atoms with Crippen molar-refractivity contribution in [3.8, 4) is 11.5 Å². The Kier molecular flexibility index (Phi) is 6.29. The minimum absolute atomic E-state index is 0.109. The number of anilines is 2. The second-order valence-electron chi connectivity index (χ2n) is 7.51. The molecule has 2 heterocycles. The Hall–Kier alpha value is -2.51. The fourth-order valence-electron chi connectivity index (χ4n) is 3.79. The van der Waals surface area contributed by atoms with Crippen molar-refractivity contribution < 1.29 is 14.3 Å². The third kappa shape index (κ3) is 4.32. The molecule has 2 N–H and O–H groups in total. The zero-order valence-corrected chi connectivity index (χ0v) is 19.0. The summed E-state index contributed by atoms with van der Waals surface area (Å²) in [5.74, 6) is 1.82. The van der Waals surface area contributed by atoms with Crippen molar-refractivity contribution in [3.05, 3.63) is 56.6 Å². The summed E-state index contributed by atoms with van der Waals surface area (Å²) in [4.78, 5) is 16.0. The van der Waals surface area contributed by atoms with E-state index in [0.717, 1.165) is 36.4 Å². The Labute approximate surface area is 185 Å². The molecule has 0 spiro atoms. The summed E-state index contributed by atoms with van der Waals surface area (Å²) in [6.07, 6.45) is 3.08. The molecular weight excluding hydrogens is 416 g/mol. The lowest BCUT2D eigenvalue weighted by atomic mass is 9.88. The Balaban J connectivity index is 1.65. The van der Waals surface area contributed by atoms with Crippen LogP contribution >= 0.6 is 22.7 Å². The number of ether oxygens (including phenoxy) is 2. The van der Waals surface area contributed by atoms with Gasteiger partial charge in [-0.2, -0.15) is 0 Å². The van der Waals surface area contributed by atoms with E-state index in [1.807, 2.05) is 12.1 Å². The molecule has 2 aromatic heterocycles. The SMILES string of the molecule is COc1ccc(OC)c(NC(=O)c2c(NCc3cccs3)sc3c2CC[C@@H](C)C3)c1. The summed E-state index contributed by atoms with van der Waals surface area (Å²) in [7, 11) is 3.20. The van der Waals surface area contributed by atoms with Gasteiger partial charge < -0.3 is 20.1 Å². The van der Waals surface area contributed by atoms with Gasteiger partial charge in [0.25, 0.3) is 5.91 Å². The summed E-state index contributed by atoms with van der Waals surface area (Å²) in [5, 5.41) is 9.59. The van der Waals surface area contributed by atoms with Crippen molar-refractivity contribution in [2.75, 3.05) is 24.9 Å². The van der Waals surface area contributed by atoms with Crippen LogP contribution in [-0.2, 0) is 19.4 Å². The molecule has 0 unspecified atom stereocenters. The van der Waals surface area contributed by atoms with Crippen LogP contribution in [0.5, 0.6) is 11.5 Å². The summed E-state index contributed by atoms with van der Waals surface area (Å²) in [6, 6.07) is 9.56. The zero-order chi connectivity index (χ0) is 21.1. The number of thiophene rings is 2. The number of carbonyl (C=O) groups is 1. The maximum atomic E-state index is 13.4. The van der Waals surface area contributed by atoms with Gasteiger partial charge in [0.15, 0.2) is 0 Å². The molecule has 1 aromatic carbocycles. The predicted molar refractivity (Wildman–Crippen MR) is 125 cm³/mol. The van der Waals surface area contributed by atoms with E-state index in [9.17, 15) is 4.79 Å². The molecule has 0 aliphatic heterocycles. The molecule has 5 nitrogen and oxygen atoms in total. The molecule has 30 heavy (non-hydrogen) atoms. The minimum Gasteiger partial charge on any atom is -0.497 e. The molecule has 0 saturated heterocycles. The first kappa shape index (κ1) is 20.8. The molecule has 1 aliphatic rings. The number of nitrogens with one attached hydrogen (secondary N) is 2. The Morgan fingerprint density at radius 3 is 2.83 bits per heavy atom. The van der Waals surface area contributed by atoms with E-state index in [2.05, 4.69) is 29.0 Å². The maximum absolute atomic E-state index is 13.4. The monoisotopic (exact) mass is 442 g/mol. The number of fused-ring (bicyclic) bond motifs is 1. The highest BCUT2D eigenvalue weighted by Crippen LogP contribution is 2.41. The highest BCUT2D eigenvalue weighted by atomic mass is 32.1. The Morgan fingerprint density at radius 1 is 1.23 bits per heavy atom. The number of rotatable bonds is 7. The highest BCUT2D eigenvalue weighted by Gasteiger charge is 2.28. The molecule has 0 radical (unpaired) electrons. The average molecular weight is 443 g/mol. The van der Waals surface area contributed by atoms with E-state index >= 15 is 0 Å². The van der Waals surface area contributed by atoms with E-state index in [1.165, 1.54) is 15.3 Å². The van der Waals surface area contributed by atoms with Gasteiger partial charge in [-0.05, 0) is 54.3 Å². The summed E-state index contributed by atoms with van der Waals surface area (Å²) in [6.45, 7) is 3.00. The van der Waals surface area contributed by atoms with Gasteiger partial charge in [0, 0.05) is 15.8 Å². The average Bonchev–Trinajstić information content (AvgIpc) is 3.39. The quantitative estimate of drug-likeness (QED) is 0.484. The van der Waals surface area contributed by atoms with Crippen LogP contribution in [0, 0.1) is 5.92 Å². The number of methoxy groups -OCH3 is 2. The van der Waals surface area contributed by atoms with Gasteiger partial charge in [-0.15, -0.1) is 22.7 Å². The lowest BCUT2D eigenvalue weighted by molar-refractivity contribution is 0.102. The van der Waals surface area contributed by atoms with Crippen molar-refractivity contribution in [2.24, 2.45) is 5.92 Å². The highest BCUT2D eigenvalue weighted by molar-refractivity contribution is 7.16. The summed E-state index contributed by atoms with van der Waals surface area (Å²) in [5.41, 5.74) is 2.56. The van der Waals surface area contributed by atoms with Gasteiger partial charge in [-0.3, -0.25) is 4.79 Å². The van der Waals surface area contributed by atoms with Crippen LogP contribution < -0.4 is 20.1 Å². The Morgan fingerprint density at radius 2 is 2.10 bits per heavy atom. The number of carbonyl (C=O) groups excluding carboxylic acids is 1. The number of hydrogen-bond donors (Lipinski definition) is 2. The smallest absolute Gasteiger partial charge is 0.259 e. The molecule has 1 aliphatic carbocycles. The molecule has 0 saturated carbocycles. The molecule has 0 fully saturated rings. The molecule has 7 heteroatoms. The van der Waals surface area contributed by atoms with Crippen LogP contribution in [0.1, 0.15) is 39.0 Å². The largest absolute Gasteiger partial charge is 0.497 e. The fraction of sp³-hybridized carbons (Fsp3) is 0.348. The number of benzene rings is 1. The van der Waals surface area contributed by atoms with E-state index in [0.29, 0.717) is 23.1 Å². The van der Waals surface area contributed by atoms with Crippen LogP contribution in [0.15, 0.2) is 35.7 Å². The molecule has 1 atom stereocenters. The van der Waals surface area contributed by atoms with E-state index in [-0.39, 0.29) is 5.91 Å². The standard InChI is InChI=1S/C23H26N2O3S2/c1-14-6-8-17-20(11-14)30-23(24-13-16-5-4-10-29-16)21(17)22(26)25-18-12-15(27-2)7-9-19(18)28-3/h4-5,7,9-10,12,14,24H,6,8,11,13H2,1-3H3,(H,25,26)/t14-/m1/s1. The van der Waals surface area contributed by atoms with E-state index in [1.54, 1.807) is 49.0 Å². The van der Waals surface area contributed by atoms with Crippen molar-refractivity contribution in [3.63, 3.8) is 0 Å². The van der Waals surface area contributed by atoms with Crippen molar-refractivity contribution in [1.82, 2.24) is 0 Å². The van der Waals surface area contributed by atoms with Crippen LogP contribution in [0.2, 0.25) is 0 Å². The van der Waals surface area contributed by atoms with Gasteiger partial charge in [-0.25, -0.2) is 0 Å². The normalized spacial score (nSPS) is 15.4. The van der Waals surface area contributed by atoms with Crippen molar-refractivity contribution >= 4 is 39.3 Å².